The Labute approximate surface area is 170 Å². The van der Waals surface area contributed by atoms with Gasteiger partial charge in [0.2, 0.25) is 0 Å². The molecule has 0 amide bonds. The fourth-order valence-electron chi connectivity index (χ4n) is 2.75. The van der Waals surface area contributed by atoms with E-state index in [0.717, 1.165) is 17.2 Å². The van der Waals surface area contributed by atoms with Crippen LogP contribution in [0.25, 0.3) is 17.1 Å². The topological polar surface area (TPSA) is 30.7 Å². The van der Waals surface area contributed by atoms with Gasteiger partial charge in [0.1, 0.15) is 11.6 Å². The highest BCUT2D eigenvalue weighted by atomic mass is 35.5. The van der Waals surface area contributed by atoms with Gasteiger partial charge in [0, 0.05) is 22.4 Å². The first kappa shape index (κ1) is 18.7. The van der Waals surface area contributed by atoms with Crippen LogP contribution >= 0.6 is 23.4 Å². The van der Waals surface area contributed by atoms with Gasteiger partial charge < -0.3 is 0 Å². The van der Waals surface area contributed by atoms with Crippen LogP contribution in [-0.4, -0.2) is 14.8 Å². The molecule has 3 aromatic carbocycles. The Hall–Kier alpha value is -2.70. The molecule has 0 saturated carbocycles. The lowest BCUT2D eigenvalue weighted by Gasteiger charge is -2.11. The number of hydrogen-bond acceptors (Lipinski definition) is 3. The van der Waals surface area contributed by atoms with Crippen LogP contribution in [0.2, 0.25) is 5.02 Å². The Balaban J connectivity index is 1.76. The zero-order valence-corrected chi connectivity index (χ0v) is 16.1. The maximum Gasteiger partial charge on any atom is 0.196 e. The van der Waals surface area contributed by atoms with Crippen LogP contribution in [0, 0.1) is 11.6 Å². The quantitative estimate of drug-likeness (QED) is 0.367. The molecule has 0 N–H and O–H groups in total. The summed E-state index contributed by atoms with van der Waals surface area (Å²) in [6.45, 7) is 0. The second-order valence-electron chi connectivity index (χ2n) is 6.02. The summed E-state index contributed by atoms with van der Waals surface area (Å²) < 4.78 is 29.6. The van der Waals surface area contributed by atoms with Crippen molar-refractivity contribution in [1.29, 1.82) is 0 Å². The van der Waals surface area contributed by atoms with Crippen LogP contribution in [0.5, 0.6) is 0 Å². The molecule has 7 heteroatoms. The van der Waals surface area contributed by atoms with Gasteiger partial charge in [-0.15, -0.1) is 10.2 Å². The van der Waals surface area contributed by atoms with Crippen LogP contribution in [-0.2, 0) is 5.75 Å². The smallest absolute Gasteiger partial charge is 0.196 e. The van der Waals surface area contributed by atoms with Crippen molar-refractivity contribution < 1.29 is 8.78 Å². The zero-order valence-electron chi connectivity index (χ0n) is 14.5. The van der Waals surface area contributed by atoms with Gasteiger partial charge >= 0.3 is 0 Å². The minimum absolute atomic E-state index is 0.198. The van der Waals surface area contributed by atoms with Gasteiger partial charge in [0.25, 0.3) is 0 Å². The number of thioether (sulfide) groups is 1. The van der Waals surface area contributed by atoms with Crippen molar-refractivity contribution in [2.75, 3.05) is 0 Å². The first-order valence-electron chi connectivity index (χ1n) is 8.45. The molecule has 140 valence electrons. The Morgan fingerprint density at radius 2 is 1.64 bits per heavy atom. The first-order valence-corrected chi connectivity index (χ1v) is 9.81. The molecule has 28 heavy (non-hydrogen) atoms. The largest absolute Gasteiger partial charge is 0.267 e. The van der Waals surface area contributed by atoms with Crippen molar-refractivity contribution >= 4 is 23.4 Å². The van der Waals surface area contributed by atoms with E-state index in [4.69, 9.17) is 11.6 Å². The van der Waals surface area contributed by atoms with Crippen molar-refractivity contribution in [2.45, 2.75) is 10.9 Å². The molecule has 0 unspecified atom stereocenters. The van der Waals surface area contributed by atoms with Crippen molar-refractivity contribution in [2.24, 2.45) is 0 Å². The summed E-state index contributed by atoms with van der Waals surface area (Å²) in [7, 11) is 0. The van der Waals surface area contributed by atoms with Crippen LogP contribution < -0.4 is 0 Å². The van der Waals surface area contributed by atoms with E-state index in [1.54, 1.807) is 4.57 Å². The molecule has 0 aliphatic carbocycles. The molecular weight excluding hydrogens is 400 g/mol. The number of nitrogens with zero attached hydrogens (tertiary/aromatic N) is 3. The SMILES string of the molecule is Fc1ccc(-n2c(SCc3ccc(Cl)cc3)nnc2-c2ccccc2)c(F)c1. The van der Waals surface area contributed by atoms with Crippen molar-refractivity contribution in [3.63, 3.8) is 0 Å². The number of aromatic nitrogens is 3. The summed E-state index contributed by atoms with van der Waals surface area (Å²) in [6, 6.07) is 20.3. The van der Waals surface area contributed by atoms with E-state index in [-0.39, 0.29) is 5.69 Å². The van der Waals surface area contributed by atoms with Crippen LogP contribution in [0.3, 0.4) is 0 Å². The Kier molecular flexibility index (Phi) is 5.41. The first-order chi connectivity index (χ1) is 13.6. The van der Waals surface area contributed by atoms with E-state index in [1.807, 2.05) is 54.6 Å². The average Bonchev–Trinajstić information content (AvgIpc) is 3.12. The van der Waals surface area contributed by atoms with Gasteiger partial charge in [-0.2, -0.15) is 0 Å². The molecule has 3 nitrogen and oxygen atoms in total. The molecule has 0 bridgehead atoms. The van der Waals surface area contributed by atoms with Gasteiger partial charge in [0.05, 0.1) is 5.69 Å². The normalized spacial score (nSPS) is 11.0. The Morgan fingerprint density at radius 1 is 0.893 bits per heavy atom. The molecule has 0 fully saturated rings. The van der Waals surface area contributed by atoms with Crippen LogP contribution in [0.4, 0.5) is 8.78 Å². The Bertz CT molecular complexity index is 1100. The van der Waals surface area contributed by atoms with E-state index >= 15 is 0 Å². The maximum atomic E-state index is 14.6. The zero-order chi connectivity index (χ0) is 19.5. The fraction of sp³-hybridized carbons (Fsp3) is 0.0476. The summed E-state index contributed by atoms with van der Waals surface area (Å²) in [5.74, 6) is -0.214. The maximum absolute atomic E-state index is 14.6. The second-order valence-corrected chi connectivity index (χ2v) is 7.40. The second kappa shape index (κ2) is 8.12. The van der Waals surface area contributed by atoms with E-state index in [9.17, 15) is 8.78 Å². The molecule has 0 aliphatic rings. The lowest BCUT2D eigenvalue weighted by Crippen LogP contribution is -2.03. The minimum Gasteiger partial charge on any atom is -0.267 e. The molecule has 4 rings (SSSR count). The monoisotopic (exact) mass is 413 g/mol. The molecule has 0 aliphatic heterocycles. The minimum atomic E-state index is -0.676. The van der Waals surface area contributed by atoms with Crippen molar-refractivity contribution in [1.82, 2.24) is 14.8 Å². The number of benzene rings is 3. The van der Waals surface area contributed by atoms with Gasteiger partial charge in [0.15, 0.2) is 11.0 Å². The number of halogens is 3. The van der Waals surface area contributed by atoms with Gasteiger partial charge in [-0.05, 0) is 29.8 Å². The molecule has 0 saturated heterocycles. The molecule has 1 heterocycles. The van der Waals surface area contributed by atoms with E-state index < -0.39 is 11.6 Å². The van der Waals surface area contributed by atoms with Gasteiger partial charge in [-0.3, -0.25) is 4.57 Å². The fourth-order valence-corrected chi connectivity index (χ4v) is 3.77. The van der Waals surface area contributed by atoms with Gasteiger partial charge in [-0.1, -0.05) is 65.8 Å². The number of hydrogen-bond donors (Lipinski definition) is 0. The summed E-state index contributed by atoms with van der Waals surface area (Å²) in [5.41, 5.74) is 2.03. The highest BCUT2D eigenvalue weighted by molar-refractivity contribution is 7.98. The molecule has 0 spiro atoms. The predicted molar refractivity (Wildman–Crippen MR) is 108 cm³/mol. The molecular formula is C21H14ClF2N3S. The predicted octanol–water partition coefficient (Wildman–Crippen LogP) is 6.16. The van der Waals surface area contributed by atoms with Crippen molar-refractivity contribution in [3.8, 4) is 17.1 Å². The van der Waals surface area contributed by atoms with Gasteiger partial charge in [-0.25, -0.2) is 8.78 Å². The lowest BCUT2D eigenvalue weighted by atomic mass is 10.2. The summed E-state index contributed by atoms with van der Waals surface area (Å²) in [4.78, 5) is 0. The third kappa shape index (κ3) is 3.93. The summed E-state index contributed by atoms with van der Waals surface area (Å²) in [5, 5.41) is 9.69. The third-order valence-corrected chi connectivity index (χ3v) is 5.35. The standard InChI is InChI=1S/C21H14ClF2N3S/c22-16-8-6-14(7-9-16)13-28-21-26-25-20(15-4-2-1-3-5-15)27(21)19-11-10-17(23)12-18(19)24/h1-12H,13H2. The summed E-state index contributed by atoms with van der Waals surface area (Å²) >= 11 is 7.34. The molecule has 1 aromatic heterocycles. The average molecular weight is 414 g/mol. The number of rotatable bonds is 5. The van der Waals surface area contributed by atoms with E-state index in [2.05, 4.69) is 10.2 Å². The van der Waals surface area contributed by atoms with Crippen molar-refractivity contribution in [3.05, 3.63) is 95.0 Å². The molecule has 0 atom stereocenters. The Morgan fingerprint density at radius 3 is 2.36 bits per heavy atom. The molecule has 4 aromatic rings. The van der Waals surface area contributed by atoms with E-state index in [0.29, 0.717) is 21.8 Å². The van der Waals surface area contributed by atoms with Crippen LogP contribution in [0.1, 0.15) is 5.56 Å². The lowest BCUT2D eigenvalue weighted by molar-refractivity contribution is 0.575. The van der Waals surface area contributed by atoms with Crippen LogP contribution in [0.15, 0.2) is 78.0 Å². The van der Waals surface area contributed by atoms with E-state index in [1.165, 1.54) is 23.9 Å². The highest BCUT2D eigenvalue weighted by Gasteiger charge is 2.19. The summed E-state index contributed by atoms with van der Waals surface area (Å²) in [6.07, 6.45) is 0. The third-order valence-electron chi connectivity index (χ3n) is 4.10. The highest BCUT2D eigenvalue weighted by Crippen LogP contribution is 2.31. The molecule has 0 radical (unpaired) electrons.